The maximum Gasteiger partial charge on any atom is 0.224 e. The normalized spacial score (nSPS) is 11.2. The predicted molar refractivity (Wildman–Crippen MR) is 101 cm³/mol. The number of hydrogen-bond acceptors (Lipinski definition) is 4. The Hall–Kier alpha value is -3.28. The Morgan fingerprint density at radius 3 is 2.69 bits per heavy atom. The Morgan fingerprint density at radius 1 is 1.12 bits per heavy atom. The van der Waals surface area contributed by atoms with Crippen molar-refractivity contribution in [3.05, 3.63) is 65.7 Å². The van der Waals surface area contributed by atoms with Crippen LogP contribution in [-0.4, -0.2) is 25.5 Å². The van der Waals surface area contributed by atoms with Crippen molar-refractivity contribution in [1.82, 2.24) is 19.6 Å². The van der Waals surface area contributed by atoms with Crippen molar-refractivity contribution in [2.75, 3.05) is 5.32 Å². The SMILES string of the molecule is Cc1nc2c3ccccc3nn2c(C)c1CCC(=O)Nc1ccncc1. The Kier molecular flexibility index (Phi) is 4.08. The van der Waals surface area contributed by atoms with E-state index in [1.54, 1.807) is 24.5 Å². The van der Waals surface area contributed by atoms with E-state index < -0.39 is 0 Å². The van der Waals surface area contributed by atoms with Crippen LogP contribution >= 0.6 is 0 Å². The molecule has 26 heavy (non-hydrogen) atoms. The molecule has 4 rings (SSSR count). The number of nitrogens with one attached hydrogen (secondary N) is 1. The monoisotopic (exact) mass is 345 g/mol. The lowest BCUT2D eigenvalue weighted by Crippen LogP contribution is -2.14. The molecule has 0 saturated heterocycles. The number of aromatic nitrogens is 4. The number of fused-ring (bicyclic) bond motifs is 3. The van der Waals surface area contributed by atoms with E-state index in [0.717, 1.165) is 39.2 Å². The lowest BCUT2D eigenvalue weighted by molar-refractivity contribution is -0.116. The molecule has 0 aliphatic carbocycles. The van der Waals surface area contributed by atoms with Gasteiger partial charge in [0.05, 0.1) is 5.52 Å². The first-order chi connectivity index (χ1) is 12.6. The van der Waals surface area contributed by atoms with Crippen LogP contribution in [-0.2, 0) is 11.2 Å². The molecule has 0 fully saturated rings. The van der Waals surface area contributed by atoms with Gasteiger partial charge in [-0.3, -0.25) is 9.78 Å². The second-order valence-electron chi connectivity index (χ2n) is 6.30. The Morgan fingerprint density at radius 2 is 1.88 bits per heavy atom. The average molecular weight is 345 g/mol. The van der Waals surface area contributed by atoms with Crippen molar-refractivity contribution >= 4 is 28.1 Å². The Labute approximate surface area is 150 Å². The fourth-order valence-corrected chi connectivity index (χ4v) is 3.24. The molecule has 0 saturated carbocycles. The first-order valence-electron chi connectivity index (χ1n) is 8.57. The molecular weight excluding hydrogens is 326 g/mol. The molecule has 0 spiro atoms. The quantitative estimate of drug-likeness (QED) is 0.615. The molecule has 0 aliphatic rings. The zero-order chi connectivity index (χ0) is 18.1. The summed E-state index contributed by atoms with van der Waals surface area (Å²) in [5.74, 6) is -0.0271. The summed E-state index contributed by atoms with van der Waals surface area (Å²) in [6.07, 6.45) is 4.32. The van der Waals surface area contributed by atoms with Crippen LogP contribution in [0.1, 0.15) is 23.4 Å². The highest BCUT2D eigenvalue weighted by Crippen LogP contribution is 2.23. The summed E-state index contributed by atoms with van der Waals surface area (Å²) in [5.41, 5.74) is 5.58. The smallest absolute Gasteiger partial charge is 0.224 e. The topological polar surface area (TPSA) is 72.2 Å². The molecule has 0 atom stereocenters. The fourth-order valence-electron chi connectivity index (χ4n) is 3.24. The molecule has 6 heteroatoms. The molecular formula is C20H19N5O. The highest BCUT2D eigenvalue weighted by molar-refractivity contribution is 5.92. The van der Waals surface area contributed by atoms with Gasteiger partial charge in [-0.1, -0.05) is 12.1 Å². The zero-order valence-corrected chi connectivity index (χ0v) is 14.7. The summed E-state index contributed by atoms with van der Waals surface area (Å²) >= 11 is 0. The van der Waals surface area contributed by atoms with Gasteiger partial charge in [-0.05, 0) is 50.1 Å². The lowest BCUT2D eigenvalue weighted by Gasteiger charge is -2.11. The van der Waals surface area contributed by atoms with Gasteiger partial charge in [-0.2, -0.15) is 5.10 Å². The highest BCUT2D eigenvalue weighted by atomic mass is 16.1. The van der Waals surface area contributed by atoms with Crippen LogP contribution in [0.25, 0.3) is 16.6 Å². The predicted octanol–water partition coefficient (Wildman–Crippen LogP) is 3.47. The van der Waals surface area contributed by atoms with Crippen LogP contribution in [0.15, 0.2) is 48.8 Å². The van der Waals surface area contributed by atoms with E-state index in [1.807, 2.05) is 42.6 Å². The first kappa shape index (κ1) is 16.2. The zero-order valence-electron chi connectivity index (χ0n) is 14.7. The third-order valence-electron chi connectivity index (χ3n) is 4.58. The van der Waals surface area contributed by atoms with Crippen LogP contribution in [0, 0.1) is 13.8 Å². The standard InChI is InChI=1S/C20H19N5O/c1-13-16(7-8-19(26)23-15-9-11-21-12-10-15)14(2)25-20(22-13)17-5-3-4-6-18(17)24-25/h3-6,9-12H,7-8H2,1-2H3,(H,21,23,26). The summed E-state index contributed by atoms with van der Waals surface area (Å²) in [6.45, 7) is 4.02. The molecule has 1 amide bonds. The van der Waals surface area contributed by atoms with Gasteiger partial charge in [0.1, 0.15) is 0 Å². The maximum atomic E-state index is 12.2. The van der Waals surface area contributed by atoms with Crippen molar-refractivity contribution in [1.29, 1.82) is 0 Å². The number of anilines is 1. The molecule has 0 unspecified atom stereocenters. The first-order valence-corrected chi connectivity index (χ1v) is 8.57. The number of pyridine rings is 1. The van der Waals surface area contributed by atoms with Gasteiger partial charge >= 0.3 is 0 Å². The number of nitrogens with zero attached hydrogens (tertiary/aromatic N) is 4. The van der Waals surface area contributed by atoms with Crippen molar-refractivity contribution in [2.24, 2.45) is 0 Å². The molecule has 3 aromatic heterocycles. The van der Waals surface area contributed by atoms with Gasteiger partial charge in [0.25, 0.3) is 0 Å². The third kappa shape index (κ3) is 2.90. The minimum absolute atomic E-state index is 0.0271. The molecule has 1 aromatic carbocycles. The third-order valence-corrected chi connectivity index (χ3v) is 4.58. The van der Waals surface area contributed by atoms with Crippen molar-refractivity contribution in [3.8, 4) is 0 Å². The Balaban J connectivity index is 1.60. The molecule has 4 aromatic rings. The van der Waals surface area contributed by atoms with Crippen LogP contribution < -0.4 is 5.32 Å². The second-order valence-corrected chi connectivity index (χ2v) is 6.30. The second kappa shape index (κ2) is 6.55. The summed E-state index contributed by atoms with van der Waals surface area (Å²) < 4.78 is 1.88. The Bertz CT molecular complexity index is 1100. The van der Waals surface area contributed by atoms with E-state index >= 15 is 0 Å². The number of hydrogen-bond donors (Lipinski definition) is 1. The number of carbonyl (C=O) groups is 1. The van der Waals surface area contributed by atoms with E-state index in [1.165, 1.54) is 0 Å². The van der Waals surface area contributed by atoms with Crippen molar-refractivity contribution in [2.45, 2.75) is 26.7 Å². The number of amides is 1. The number of aryl methyl sites for hydroxylation is 2. The minimum Gasteiger partial charge on any atom is -0.326 e. The lowest BCUT2D eigenvalue weighted by atomic mass is 10.1. The molecule has 0 radical (unpaired) electrons. The van der Waals surface area contributed by atoms with E-state index in [2.05, 4.69) is 15.4 Å². The maximum absolute atomic E-state index is 12.2. The largest absolute Gasteiger partial charge is 0.326 e. The number of benzene rings is 1. The number of rotatable bonds is 4. The van der Waals surface area contributed by atoms with Crippen molar-refractivity contribution < 1.29 is 4.79 Å². The highest BCUT2D eigenvalue weighted by Gasteiger charge is 2.14. The van der Waals surface area contributed by atoms with Gasteiger partial charge in [-0.15, -0.1) is 0 Å². The van der Waals surface area contributed by atoms with E-state index in [0.29, 0.717) is 12.8 Å². The van der Waals surface area contributed by atoms with E-state index in [4.69, 9.17) is 4.98 Å². The molecule has 3 heterocycles. The minimum atomic E-state index is -0.0271. The molecule has 1 N–H and O–H groups in total. The van der Waals surface area contributed by atoms with E-state index in [9.17, 15) is 4.79 Å². The van der Waals surface area contributed by atoms with Crippen LogP contribution in [0.5, 0.6) is 0 Å². The van der Waals surface area contributed by atoms with Gasteiger partial charge in [-0.25, -0.2) is 9.50 Å². The molecule has 0 bridgehead atoms. The molecule has 130 valence electrons. The molecule has 0 aliphatic heterocycles. The fraction of sp³-hybridized carbons (Fsp3) is 0.200. The summed E-state index contributed by atoms with van der Waals surface area (Å²) in [6, 6.07) is 11.5. The average Bonchev–Trinajstić information content (AvgIpc) is 3.01. The van der Waals surface area contributed by atoms with Gasteiger partial charge in [0.2, 0.25) is 5.91 Å². The van der Waals surface area contributed by atoms with Gasteiger partial charge in [0.15, 0.2) is 5.65 Å². The summed E-state index contributed by atoms with van der Waals surface area (Å²) in [5, 5.41) is 8.59. The summed E-state index contributed by atoms with van der Waals surface area (Å²) in [7, 11) is 0. The van der Waals surface area contributed by atoms with Crippen LogP contribution in [0.4, 0.5) is 5.69 Å². The van der Waals surface area contributed by atoms with Crippen LogP contribution in [0.3, 0.4) is 0 Å². The number of carbonyl (C=O) groups excluding carboxylic acids is 1. The van der Waals surface area contributed by atoms with Gasteiger partial charge in [0, 0.05) is 41.3 Å². The van der Waals surface area contributed by atoms with Crippen molar-refractivity contribution in [3.63, 3.8) is 0 Å². The van der Waals surface area contributed by atoms with Gasteiger partial charge < -0.3 is 5.32 Å². The van der Waals surface area contributed by atoms with Crippen LogP contribution in [0.2, 0.25) is 0 Å². The summed E-state index contributed by atoms with van der Waals surface area (Å²) in [4.78, 5) is 20.9. The molecule has 6 nitrogen and oxygen atoms in total. The van der Waals surface area contributed by atoms with E-state index in [-0.39, 0.29) is 5.91 Å².